The summed E-state index contributed by atoms with van der Waals surface area (Å²) in [7, 11) is 1.88. The molecule has 0 saturated carbocycles. The topological polar surface area (TPSA) is 110 Å². The van der Waals surface area contributed by atoms with E-state index in [-0.39, 0.29) is 11.9 Å². The van der Waals surface area contributed by atoms with Crippen molar-refractivity contribution in [2.45, 2.75) is 13.5 Å². The zero-order valence-corrected chi connectivity index (χ0v) is 9.81. The molecule has 5 N–H and O–H groups in total. The van der Waals surface area contributed by atoms with Crippen LogP contribution in [0.1, 0.15) is 11.1 Å². The van der Waals surface area contributed by atoms with Crippen LogP contribution in [0, 0.1) is 6.92 Å². The molecule has 2 rings (SSSR count). The molecule has 0 radical (unpaired) electrons. The minimum Gasteiger partial charge on any atom is -0.368 e. The van der Waals surface area contributed by atoms with Gasteiger partial charge in [0, 0.05) is 26.0 Å². The molecule has 0 atom stereocenters. The molecule has 2 aromatic heterocycles. The lowest BCUT2D eigenvalue weighted by atomic mass is 10.2. The van der Waals surface area contributed by atoms with E-state index in [4.69, 9.17) is 11.5 Å². The van der Waals surface area contributed by atoms with Crippen LogP contribution in [0.25, 0.3) is 0 Å². The molecule has 0 aromatic carbocycles. The number of H-pyrrole nitrogens is 1. The van der Waals surface area contributed by atoms with Gasteiger partial charge in [-0.25, -0.2) is 0 Å². The Bertz CT molecular complexity index is 499. The monoisotopic (exact) mass is 233 g/mol. The summed E-state index contributed by atoms with van der Waals surface area (Å²) in [5, 5.41) is 0. The summed E-state index contributed by atoms with van der Waals surface area (Å²) < 4.78 is 0. The molecule has 0 aliphatic rings. The number of nitrogens with zero attached hydrogens (tertiary/aromatic N) is 4. The summed E-state index contributed by atoms with van der Waals surface area (Å²) in [4.78, 5) is 16.7. The van der Waals surface area contributed by atoms with Crippen LogP contribution in [-0.2, 0) is 6.54 Å². The summed E-state index contributed by atoms with van der Waals surface area (Å²) in [6.07, 6.45) is 3.89. The van der Waals surface area contributed by atoms with Gasteiger partial charge in [-0.05, 0) is 18.1 Å². The average molecular weight is 233 g/mol. The number of nitrogens with two attached hydrogens (primary N) is 2. The fourth-order valence-corrected chi connectivity index (χ4v) is 1.54. The number of hydrogen-bond acceptors (Lipinski definition) is 6. The zero-order chi connectivity index (χ0) is 12.4. The number of aryl methyl sites for hydroxylation is 1. The van der Waals surface area contributed by atoms with Gasteiger partial charge in [0.2, 0.25) is 17.8 Å². The first-order valence-corrected chi connectivity index (χ1v) is 5.16. The molecule has 7 heteroatoms. The lowest BCUT2D eigenvalue weighted by molar-refractivity contribution is 0.857. The molecule has 17 heavy (non-hydrogen) atoms. The Morgan fingerprint density at radius 3 is 2.35 bits per heavy atom. The Kier molecular flexibility index (Phi) is 2.82. The average Bonchev–Trinajstić information content (AvgIpc) is 2.63. The molecule has 0 bridgehead atoms. The van der Waals surface area contributed by atoms with Gasteiger partial charge in [-0.3, -0.25) is 0 Å². The van der Waals surface area contributed by atoms with Crippen LogP contribution in [0.15, 0.2) is 12.4 Å². The largest absolute Gasteiger partial charge is 0.368 e. The van der Waals surface area contributed by atoms with E-state index < -0.39 is 0 Å². The Morgan fingerprint density at radius 2 is 1.82 bits per heavy atom. The molecular formula is C10H15N7. The lowest BCUT2D eigenvalue weighted by Crippen LogP contribution is -2.21. The van der Waals surface area contributed by atoms with Crippen LogP contribution in [0.2, 0.25) is 0 Å². The van der Waals surface area contributed by atoms with Gasteiger partial charge < -0.3 is 21.4 Å². The Balaban J connectivity index is 2.20. The van der Waals surface area contributed by atoms with E-state index in [9.17, 15) is 0 Å². The summed E-state index contributed by atoms with van der Waals surface area (Å²) >= 11 is 0. The molecular weight excluding hydrogens is 218 g/mol. The number of aromatic nitrogens is 4. The fourth-order valence-electron chi connectivity index (χ4n) is 1.54. The fraction of sp³-hybridized carbons (Fsp3) is 0.300. The van der Waals surface area contributed by atoms with Gasteiger partial charge in [0.1, 0.15) is 0 Å². The quantitative estimate of drug-likeness (QED) is 0.703. The summed E-state index contributed by atoms with van der Waals surface area (Å²) in [6.45, 7) is 2.72. The molecule has 0 spiro atoms. The van der Waals surface area contributed by atoms with E-state index in [2.05, 4.69) is 19.9 Å². The van der Waals surface area contributed by atoms with Gasteiger partial charge in [-0.15, -0.1) is 0 Å². The van der Waals surface area contributed by atoms with Crippen LogP contribution in [0.5, 0.6) is 0 Å². The smallest absolute Gasteiger partial charge is 0.231 e. The predicted octanol–water partition coefficient (Wildman–Crippen LogP) is 0.309. The highest BCUT2D eigenvalue weighted by molar-refractivity contribution is 5.40. The Labute approximate surface area is 98.9 Å². The molecule has 0 amide bonds. The second-order valence-corrected chi connectivity index (χ2v) is 3.87. The van der Waals surface area contributed by atoms with Gasteiger partial charge >= 0.3 is 0 Å². The molecule has 2 aromatic rings. The van der Waals surface area contributed by atoms with Crippen LogP contribution in [-0.4, -0.2) is 27.0 Å². The van der Waals surface area contributed by atoms with Crippen LogP contribution < -0.4 is 16.4 Å². The van der Waals surface area contributed by atoms with Gasteiger partial charge in [-0.2, -0.15) is 15.0 Å². The number of aromatic amines is 1. The molecule has 2 heterocycles. The Hall–Kier alpha value is -2.31. The van der Waals surface area contributed by atoms with Gasteiger partial charge in [-0.1, -0.05) is 0 Å². The molecule has 0 unspecified atom stereocenters. The lowest BCUT2D eigenvalue weighted by Gasteiger charge is -2.16. The SMILES string of the molecule is Cc1c[nH]cc1CN(C)c1nc(N)nc(N)n1. The van der Waals surface area contributed by atoms with Crippen LogP contribution in [0.4, 0.5) is 17.8 Å². The summed E-state index contributed by atoms with van der Waals surface area (Å²) in [5.41, 5.74) is 13.4. The highest BCUT2D eigenvalue weighted by Crippen LogP contribution is 2.14. The summed E-state index contributed by atoms with van der Waals surface area (Å²) in [6, 6.07) is 0. The summed E-state index contributed by atoms with van der Waals surface area (Å²) in [5.74, 6) is 0.728. The van der Waals surface area contributed by atoms with Crippen LogP contribution in [0.3, 0.4) is 0 Å². The first kappa shape index (κ1) is 11.2. The van der Waals surface area contributed by atoms with E-state index in [0.29, 0.717) is 12.5 Å². The number of nitrogens with one attached hydrogen (secondary N) is 1. The van der Waals surface area contributed by atoms with Crippen molar-refractivity contribution in [2.24, 2.45) is 0 Å². The number of anilines is 3. The molecule has 0 aliphatic carbocycles. The maximum absolute atomic E-state index is 5.53. The zero-order valence-electron chi connectivity index (χ0n) is 9.81. The second-order valence-electron chi connectivity index (χ2n) is 3.87. The van der Waals surface area contributed by atoms with E-state index in [1.165, 1.54) is 11.1 Å². The number of hydrogen-bond donors (Lipinski definition) is 3. The highest BCUT2D eigenvalue weighted by atomic mass is 15.3. The van der Waals surface area contributed by atoms with E-state index in [0.717, 1.165) is 0 Å². The minimum atomic E-state index is 0.130. The van der Waals surface area contributed by atoms with Crippen molar-refractivity contribution in [3.63, 3.8) is 0 Å². The van der Waals surface area contributed by atoms with Gasteiger partial charge in [0.25, 0.3) is 0 Å². The highest BCUT2D eigenvalue weighted by Gasteiger charge is 2.09. The van der Waals surface area contributed by atoms with Crippen molar-refractivity contribution in [1.29, 1.82) is 0 Å². The third kappa shape index (κ3) is 2.44. The second kappa shape index (κ2) is 4.28. The van der Waals surface area contributed by atoms with Crippen LogP contribution >= 0.6 is 0 Å². The van der Waals surface area contributed by atoms with Crippen molar-refractivity contribution in [3.8, 4) is 0 Å². The van der Waals surface area contributed by atoms with Crippen molar-refractivity contribution in [3.05, 3.63) is 23.5 Å². The Morgan fingerprint density at radius 1 is 1.18 bits per heavy atom. The van der Waals surface area contributed by atoms with E-state index in [1.807, 2.05) is 31.3 Å². The first-order valence-electron chi connectivity index (χ1n) is 5.16. The number of rotatable bonds is 3. The van der Waals surface area contributed by atoms with Crippen molar-refractivity contribution >= 4 is 17.8 Å². The molecule has 0 fully saturated rings. The predicted molar refractivity (Wildman–Crippen MR) is 66.3 cm³/mol. The normalized spacial score (nSPS) is 10.5. The van der Waals surface area contributed by atoms with E-state index >= 15 is 0 Å². The third-order valence-corrected chi connectivity index (χ3v) is 2.47. The van der Waals surface area contributed by atoms with Crippen molar-refractivity contribution < 1.29 is 0 Å². The van der Waals surface area contributed by atoms with Crippen molar-refractivity contribution in [1.82, 2.24) is 19.9 Å². The molecule has 0 aliphatic heterocycles. The van der Waals surface area contributed by atoms with Gasteiger partial charge in [0.15, 0.2) is 0 Å². The molecule has 0 saturated heterocycles. The van der Waals surface area contributed by atoms with Crippen molar-refractivity contribution in [2.75, 3.05) is 23.4 Å². The number of nitrogen functional groups attached to an aromatic ring is 2. The van der Waals surface area contributed by atoms with E-state index in [1.54, 1.807) is 0 Å². The minimum absolute atomic E-state index is 0.130. The standard InChI is InChI=1S/C10H15N7/c1-6-3-13-4-7(6)5-17(2)10-15-8(11)14-9(12)16-10/h3-4,13H,5H2,1-2H3,(H4,11,12,14,15,16). The van der Waals surface area contributed by atoms with Gasteiger partial charge in [0.05, 0.1) is 0 Å². The maximum Gasteiger partial charge on any atom is 0.231 e. The molecule has 7 nitrogen and oxygen atoms in total. The maximum atomic E-state index is 5.53. The third-order valence-electron chi connectivity index (χ3n) is 2.47. The molecule has 90 valence electrons. The first-order chi connectivity index (χ1) is 8.06.